The second-order valence-corrected chi connectivity index (χ2v) is 7.75. The smallest absolute Gasteiger partial charge is 0.317 e. The molecule has 1 aliphatic carbocycles. The van der Waals surface area contributed by atoms with E-state index in [9.17, 15) is 13.2 Å². The molecule has 4 rings (SSSR count). The van der Waals surface area contributed by atoms with Gasteiger partial charge in [-0.2, -0.15) is 13.2 Å². The largest absolute Gasteiger partial charge is 0.416 e. The van der Waals surface area contributed by atoms with Gasteiger partial charge in [0.05, 0.1) is 5.56 Å². The summed E-state index contributed by atoms with van der Waals surface area (Å²) < 4.78 is 38.7. The summed E-state index contributed by atoms with van der Waals surface area (Å²) in [5, 5.41) is 7.09. The van der Waals surface area contributed by atoms with E-state index in [0.717, 1.165) is 43.6 Å². The summed E-state index contributed by atoms with van der Waals surface area (Å²) >= 11 is 0. The molecule has 2 aromatic carbocycles. The highest BCUT2D eigenvalue weighted by Gasteiger charge is 2.38. The minimum atomic E-state index is -4.31. The van der Waals surface area contributed by atoms with Crippen LogP contribution in [0.3, 0.4) is 0 Å². The van der Waals surface area contributed by atoms with Crippen LogP contribution in [0.5, 0.6) is 0 Å². The van der Waals surface area contributed by atoms with Crippen LogP contribution in [0.15, 0.2) is 48.5 Å². The zero-order valence-electron chi connectivity index (χ0n) is 15.2. The van der Waals surface area contributed by atoms with Crippen LogP contribution in [-0.2, 0) is 6.18 Å². The molecular weight excluding hydrogens is 349 g/mol. The van der Waals surface area contributed by atoms with Crippen LogP contribution in [-0.4, -0.2) is 25.7 Å². The van der Waals surface area contributed by atoms with Gasteiger partial charge in [0.1, 0.15) is 0 Å². The molecule has 2 nitrogen and oxygen atoms in total. The van der Waals surface area contributed by atoms with Crippen LogP contribution in [0, 0.1) is 5.92 Å². The quantitative estimate of drug-likeness (QED) is 0.784. The van der Waals surface area contributed by atoms with Gasteiger partial charge in [-0.05, 0) is 73.6 Å². The van der Waals surface area contributed by atoms with Crippen molar-refractivity contribution in [3.63, 3.8) is 0 Å². The molecule has 5 heteroatoms. The average Bonchev–Trinajstić information content (AvgIpc) is 3.47. The first-order valence-corrected chi connectivity index (χ1v) is 9.72. The molecule has 2 aromatic rings. The maximum Gasteiger partial charge on any atom is 0.416 e. The number of hydrogen-bond acceptors (Lipinski definition) is 2. The Labute approximate surface area is 158 Å². The molecule has 0 bridgehead atoms. The Morgan fingerprint density at radius 3 is 2.41 bits per heavy atom. The summed E-state index contributed by atoms with van der Waals surface area (Å²) in [5.41, 5.74) is 2.10. The van der Waals surface area contributed by atoms with Crippen molar-refractivity contribution in [2.24, 2.45) is 5.92 Å². The third-order valence-corrected chi connectivity index (χ3v) is 5.78. The summed E-state index contributed by atoms with van der Waals surface area (Å²) in [6.07, 6.45) is -0.669. The van der Waals surface area contributed by atoms with E-state index in [4.69, 9.17) is 0 Å². The van der Waals surface area contributed by atoms with Crippen molar-refractivity contribution < 1.29 is 13.2 Å². The molecule has 1 heterocycles. The molecular formula is C22H25F3N2. The topological polar surface area (TPSA) is 24.1 Å². The number of rotatable bonds is 5. The molecule has 2 N–H and O–H groups in total. The first-order valence-electron chi connectivity index (χ1n) is 9.72. The monoisotopic (exact) mass is 374 g/mol. The third-order valence-electron chi connectivity index (χ3n) is 5.78. The van der Waals surface area contributed by atoms with E-state index < -0.39 is 11.7 Å². The molecule has 1 saturated heterocycles. The summed E-state index contributed by atoms with van der Waals surface area (Å²) in [5.74, 6) is 1.30. The second-order valence-electron chi connectivity index (χ2n) is 7.75. The lowest BCUT2D eigenvalue weighted by atomic mass is 9.98. The molecule has 0 unspecified atom stereocenters. The van der Waals surface area contributed by atoms with E-state index in [0.29, 0.717) is 17.5 Å². The van der Waals surface area contributed by atoms with E-state index in [1.54, 1.807) is 6.07 Å². The van der Waals surface area contributed by atoms with Crippen LogP contribution < -0.4 is 10.6 Å². The summed E-state index contributed by atoms with van der Waals surface area (Å²) in [4.78, 5) is 0. The van der Waals surface area contributed by atoms with Crippen molar-refractivity contribution in [1.82, 2.24) is 10.6 Å². The normalized spacial score (nSPS) is 23.4. The zero-order valence-corrected chi connectivity index (χ0v) is 15.2. The van der Waals surface area contributed by atoms with E-state index >= 15 is 0 Å². The highest BCUT2D eigenvalue weighted by molar-refractivity contribution is 5.65. The fraction of sp³-hybridized carbons (Fsp3) is 0.455. The van der Waals surface area contributed by atoms with Gasteiger partial charge in [0.2, 0.25) is 0 Å². The lowest BCUT2D eigenvalue weighted by Crippen LogP contribution is -2.34. The highest BCUT2D eigenvalue weighted by atomic mass is 19.4. The van der Waals surface area contributed by atoms with E-state index in [2.05, 4.69) is 22.8 Å². The lowest BCUT2D eigenvalue weighted by molar-refractivity contribution is -0.137. The van der Waals surface area contributed by atoms with Crippen molar-refractivity contribution in [3.8, 4) is 11.1 Å². The second kappa shape index (κ2) is 7.64. The van der Waals surface area contributed by atoms with Gasteiger partial charge in [-0.15, -0.1) is 0 Å². The molecule has 2 fully saturated rings. The van der Waals surface area contributed by atoms with Crippen molar-refractivity contribution >= 4 is 0 Å². The molecule has 0 aromatic heterocycles. The average molecular weight is 374 g/mol. The molecule has 144 valence electrons. The predicted molar refractivity (Wildman–Crippen MR) is 102 cm³/mol. The molecule has 0 radical (unpaired) electrons. The van der Waals surface area contributed by atoms with Gasteiger partial charge in [-0.1, -0.05) is 36.4 Å². The van der Waals surface area contributed by atoms with E-state index in [1.807, 2.05) is 12.1 Å². The van der Waals surface area contributed by atoms with Crippen molar-refractivity contribution in [1.29, 1.82) is 0 Å². The van der Waals surface area contributed by atoms with Crippen LogP contribution in [0.4, 0.5) is 13.2 Å². The van der Waals surface area contributed by atoms with Crippen molar-refractivity contribution in [2.45, 2.75) is 37.4 Å². The molecule has 2 aliphatic rings. The number of halogens is 3. The van der Waals surface area contributed by atoms with Crippen LogP contribution >= 0.6 is 0 Å². The van der Waals surface area contributed by atoms with Crippen molar-refractivity contribution in [3.05, 3.63) is 59.7 Å². The first kappa shape index (κ1) is 18.5. The number of nitrogens with one attached hydrogen (secondary N) is 2. The van der Waals surface area contributed by atoms with Gasteiger partial charge in [0.25, 0.3) is 0 Å². The maximum absolute atomic E-state index is 12.9. The number of benzene rings is 2. The number of alkyl halides is 3. The molecule has 27 heavy (non-hydrogen) atoms. The van der Waals surface area contributed by atoms with Gasteiger partial charge < -0.3 is 10.6 Å². The van der Waals surface area contributed by atoms with Gasteiger partial charge in [-0.25, -0.2) is 0 Å². The minimum absolute atomic E-state index is 0.530. The van der Waals surface area contributed by atoms with Gasteiger partial charge in [-0.3, -0.25) is 0 Å². The fourth-order valence-corrected chi connectivity index (χ4v) is 3.99. The Balaban J connectivity index is 1.36. The molecule has 0 amide bonds. The van der Waals surface area contributed by atoms with E-state index in [1.165, 1.54) is 30.5 Å². The first-order chi connectivity index (χ1) is 13.0. The van der Waals surface area contributed by atoms with Gasteiger partial charge in [0, 0.05) is 12.0 Å². The lowest BCUT2D eigenvalue weighted by Gasteiger charge is -2.22. The highest BCUT2D eigenvalue weighted by Crippen LogP contribution is 2.41. The molecule has 1 aliphatic heterocycles. The Hall–Kier alpha value is -1.85. The standard InChI is InChI=1S/C22H25F3N2/c23-22(24,25)19-3-1-2-18(12-19)16-4-6-17(7-5-16)20-13-21(20)27-14-15-8-10-26-11-9-15/h1-7,12,15,20-21,26-27H,8-11,13-14H2/t20-,21+/m0/s1. The molecule has 0 spiro atoms. The maximum atomic E-state index is 12.9. The van der Waals surface area contributed by atoms with Crippen LogP contribution in [0.25, 0.3) is 11.1 Å². The number of hydrogen-bond donors (Lipinski definition) is 2. The SMILES string of the molecule is FC(F)(F)c1cccc(-c2ccc([C@@H]3C[C@H]3NCC3CCNCC3)cc2)c1. The Kier molecular flexibility index (Phi) is 5.24. The Morgan fingerprint density at radius 1 is 0.963 bits per heavy atom. The molecule has 2 atom stereocenters. The van der Waals surface area contributed by atoms with Gasteiger partial charge >= 0.3 is 6.18 Å². The Bertz CT molecular complexity index is 764. The van der Waals surface area contributed by atoms with E-state index in [-0.39, 0.29) is 0 Å². The Morgan fingerprint density at radius 2 is 1.70 bits per heavy atom. The van der Waals surface area contributed by atoms with Crippen molar-refractivity contribution in [2.75, 3.05) is 19.6 Å². The summed E-state index contributed by atoms with van der Waals surface area (Å²) in [7, 11) is 0. The zero-order chi connectivity index (χ0) is 18.9. The number of piperidine rings is 1. The third kappa shape index (κ3) is 4.53. The van der Waals surface area contributed by atoms with Gasteiger partial charge in [0.15, 0.2) is 0 Å². The molecule has 1 saturated carbocycles. The predicted octanol–water partition coefficient (Wildman–Crippen LogP) is 4.82. The van der Waals surface area contributed by atoms with Crippen LogP contribution in [0.2, 0.25) is 0 Å². The summed E-state index contributed by atoms with van der Waals surface area (Å²) in [6.45, 7) is 3.33. The summed E-state index contributed by atoms with van der Waals surface area (Å²) in [6, 6.07) is 14.1. The minimum Gasteiger partial charge on any atom is -0.317 e. The van der Waals surface area contributed by atoms with Crippen LogP contribution in [0.1, 0.15) is 36.3 Å². The fourth-order valence-electron chi connectivity index (χ4n) is 3.99.